The summed E-state index contributed by atoms with van der Waals surface area (Å²) in [6.07, 6.45) is 2.83. The van der Waals surface area contributed by atoms with Crippen LogP contribution in [0, 0.1) is 0 Å². The standard InChI is InChI=1S/C13H18N2O2/c14-8-4-5-9-15-13(17)12(16)10-11-6-2-1-3-7-11/h1-7,12,16H,8-10,14H2,(H,15,17)/b5-4+. The molecule has 1 amide bonds. The van der Waals surface area contributed by atoms with E-state index in [9.17, 15) is 9.90 Å². The van der Waals surface area contributed by atoms with E-state index >= 15 is 0 Å². The maximum Gasteiger partial charge on any atom is 0.249 e. The number of amides is 1. The van der Waals surface area contributed by atoms with Crippen LogP contribution in [0.25, 0.3) is 0 Å². The van der Waals surface area contributed by atoms with Gasteiger partial charge in [-0.2, -0.15) is 0 Å². The van der Waals surface area contributed by atoms with Crippen LogP contribution < -0.4 is 11.1 Å². The maximum absolute atomic E-state index is 11.5. The number of nitrogens with two attached hydrogens (primary N) is 1. The SMILES string of the molecule is NC/C=C/CNC(=O)C(O)Cc1ccccc1. The van der Waals surface area contributed by atoms with Crippen molar-refractivity contribution in [2.24, 2.45) is 5.73 Å². The molecule has 0 aromatic heterocycles. The second-order valence-electron chi connectivity index (χ2n) is 3.66. The normalized spacial score (nSPS) is 12.6. The number of carbonyl (C=O) groups excluding carboxylic acids is 1. The molecule has 1 aromatic carbocycles. The van der Waals surface area contributed by atoms with Gasteiger partial charge < -0.3 is 16.2 Å². The van der Waals surface area contributed by atoms with Gasteiger partial charge in [-0.05, 0) is 5.56 Å². The van der Waals surface area contributed by atoms with Gasteiger partial charge in [0.05, 0.1) is 0 Å². The third-order valence-electron chi connectivity index (χ3n) is 2.27. The molecule has 0 aliphatic rings. The van der Waals surface area contributed by atoms with E-state index in [-0.39, 0.29) is 5.91 Å². The van der Waals surface area contributed by atoms with Crippen LogP contribution in [0.4, 0.5) is 0 Å². The van der Waals surface area contributed by atoms with E-state index in [2.05, 4.69) is 5.32 Å². The van der Waals surface area contributed by atoms with Crippen molar-refractivity contribution in [1.82, 2.24) is 5.32 Å². The summed E-state index contributed by atoms with van der Waals surface area (Å²) in [6, 6.07) is 9.41. The monoisotopic (exact) mass is 234 g/mol. The lowest BCUT2D eigenvalue weighted by molar-refractivity contribution is -0.129. The van der Waals surface area contributed by atoms with Gasteiger partial charge in [-0.25, -0.2) is 0 Å². The van der Waals surface area contributed by atoms with E-state index in [1.54, 1.807) is 12.2 Å². The van der Waals surface area contributed by atoms with Gasteiger partial charge in [0.25, 0.3) is 0 Å². The summed E-state index contributed by atoms with van der Waals surface area (Å²) in [7, 11) is 0. The highest BCUT2D eigenvalue weighted by molar-refractivity contribution is 5.80. The lowest BCUT2D eigenvalue weighted by Crippen LogP contribution is -2.35. The van der Waals surface area contributed by atoms with Gasteiger partial charge in [-0.3, -0.25) is 4.79 Å². The Kier molecular flexibility index (Phi) is 5.99. The lowest BCUT2D eigenvalue weighted by Gasteiger charge is -2.10. The number of carbonyl (C=O) groups is 1. The van der Waals surface area contributed by atoms with Crippen molar-refractivity contribution in [3.63, 3.8) is 0 Å². The Morgan fingerprint density at radius 2 is 2.06 bits per heavy atom. The Labute approximate surface area is 101 Å². The summed E-state index contributed by atoms with van der Waals surface area (Å²) in [4.78, 5) is 11.5. The first-order valence-electron chi connectivity index (χ1n) is 5.59. The number of hydrogen-bond acceptors (Lipinski definition) is 3. The van der Waals surface area contributed by atoms with Crippen molar-refractivity contribution in [3.05, 3.63) is 48.0 Å². The van der Waals surface area contributed by atoms with Crippen molar-refractivity contribution in [3.8, 4) is 0 Å². The van der Waals surface area contributed by atoms with Gasteiger partial charge in [-0.1, -0.05) is 42.5 Å². The minimum Gasteiger partial charge on any atom is -0.383 e. The number of nitrogens with one attached hydrogen (secondary N) is 1. The second-order valence-corrected chi connectivity index (χ2v) is 3.66. The Hall–Kier alpha value is -1.65. The molecule has 0 aliphatic carbocycles. The molecule has 4 heteroatoms. The van der Waals surface area contributed by atoms with Crippen LogP contribution in [0.5, 0.6) is 0 Å². The van der Waals surface area contributed by atoms with Crippen LogP contribution in [0.1, 0.15) is 5.56 Å². The first-order valence-corrected chi connectivity index (χ1v) is 5.59. The van der Waals surface area contributed by atoms with Crippen LogP contribution in [0.3, 0.4) is 0 Å². The molecule has 0 radical (unpaired) electrons. The van der Waals surface area contributed by atoms with E-state index < -0.39 is 6.10 Å². The third-order valence-corrected chi connectivity index (χ3v) is 2.27. The smallest absolute Gasteiger partial charge is 0.249 e. The zero-order valence-corrected chi connectivity index (χ0v) is 9.67. The Bertz CT molecular complexity index is 363. The molecule has 1 aromatic rings. The zero-order valence-electron chi connectivity index (χ0n) is 9.67. The predicted molar refractivity (Wildman–Crippen MR) is 67.4 cm³/mol. The molecular formula is C13H18N2O2. The summed E-state index contributed by atoms with van der Waals surface area (Å²) >= 11 is 0. The van der Waals surface area contributed by atoms with Gasteiger partial charge in [0, 0.05) is 19.5 Å². The van der Waals surface area contributed by atoms with Gasteiger partial charge in [0.2, 0.25) is 5.91 Å². The molecule has 0 bridgehead atoms. The molecule has 1 rings (SSSR count). The van der Waals surface area contributed by atoms with Gasteiger partial charge >= 0.3 is 0 Å². The molecule has 0 fully saturated rings. The number of rotatable bonds is 6. The van der Waals surface area contributed by atoms with Crippen molar-refractivity contribution in [1.29, 1.82) is 0 Å². The molecule has 1 unspecified atom stereocenters. The largest absolute Gasteiger partial charge is 0.383 e. The van der Waals surface area contributed by atoms with E-state index in [0.717, 1.165) is 5.56 Å². The van der Waals surface area contributed by atoms with Crippen LogP contribution >= 0.6 is 0 Å². The first kappa shape index (κ1) is 13.4. The molecule has 92 valence electrons. The second kappa shape index (κ2) is 7.60. The average Bonchev–Trinajstić information content (AvgIpc) is 2.35. The number of aliphatic hydroxyl groups is 1. The topological polar surface area (TPSA) is 75.3 Å². The minimum atomic E-state index is -1.01. The first-order chi connectivity index (χ1) is 8.24. The molecule has 4 nitrogen and oxygen atoms in total. The molecule has 0 heterocycles. The average molecular weight is 234 g/mol. The van der Waals surface area contributed by atoms with E-state index in [0.29, 0.717) is 19.5 Å². The summed E-state index contributed by atoms with van der Waals surface area (Å²) in [5.41, 5.74) is 6.20. The van der Waals surface area contributed by atoms with Crippen molar-refractivity contribution in [2.45, 2.75) is 12.5 Å². The molecule has 1 atom stereocenters. The molecule has 0 aliphatic heterocycles. The Morgan fingerprint density at radius 1 is 1.35 bits per heavy atom. The Morgan fingerprint density at radius 3 is 2.71 bits per heavy atom. The van der Waals surface area contributed by atoms with Crippen LogP contribution in [-0.4, -0.2) is 30.2 Å². The molecule has 0 saturated heterocycles. The van der Waals surface area contributed by atoms with Crippen LogP contribution in [0.15, 0.2) is 42.5 Å². The van der Waals surface area contributed by atoms with Crippen LogP contribution in [-0.2, 0) is 11.2 Å². The van der Waals surface area contributed by atoms with Gasteiger partial charge in [0.1, 0.15) is 6.10 Å². The molecule has 17 heavy (non-hydrogen) atoms. The predicted octanol–water partition coefficient (Wildman–Crippen LogP) is 0.221. The van der Waals surface area contributed by atoms with Gasteiger partial charge in [0.15, 0.2) is 0 Å². The fourth-order valence-electron chi connectivity index (χ4n) is 1.39. The van der Waals surface area contributed by atoms with E-state index in [1.807, 2.05) is 30.3 Å². The minimum absolute atomic E-state index is 0.327. The highest BCUT2D eigenvalue weighted by atomic mass is 16.3. The molecule has 4 N–H and O–H groups in total. The number of benzene rings is 1. The lowest BCUT2D eigenvalue weighted by atomic mass is 10.1. The number of aliphatic hydroxyl groups excluding tert-OH is 1. The van der Waals surface area contributed by atoms with E-state index in [4.69, 9.17) is 5.73 Å². The molecule has 0 saturated carbocycles. The molecule has 0 spiro atoms. The highest BCUT2D eigenvalue weighted by Gasteiger charge is 2.13. The van der Waals surface area contributed by atoms with E-state index in [1.165, 1.54) is 0 Å². The van der Waals surface area contributed by atoms with Crippen molar-refractivity contribution >= 4 is 5.91 Å². The fourth-order valence-corrected chi connectivity index (χ4v) is 1.39. The number of hydrogen-bond donors (Lipinski definition) is 3. The van der Waals surface area contributed by atoms with Crippen LogP contribution in [0.2, 0.25) is 0 Å². The fraction of sp³-hybridized carbons (Fsp3) is 0.308. The zero-order chi connectivity index (χ0) is 12.5. The quantitative estimate of drug-likeness (QED) is 0.616. The maximum atomic E-state index is 11.5. The highest BCUT2D eigenvalue weighted by Crippen LogP contribution is 2.02. The van der Waals surface area contributed by atoms with Crippen molar-refractivity contribution in [2.75, 3.05) is 13.1 Å². The summed E-state index contributed by atoms with van der Waals surface area (Å²) in [5.74, 6) is -0.365. The van der Waals surface area contributed by atoms with Gasteiger partial charge in [-0.15, -0.1) is 0 Å². The summed E-state index contributed by atoms with van der Waals surface area (Å²) in [5, 5.41) is 12.3. The summed E-state index contributed by atoms with van der Waals surface area (Å²) < 4.78 is 0. The summed E-state index contributed by atoms with van der Waals surface area (Å²) in [6.45, 7) is 0.838. The Balaban J connectivity index is 2.34. The van der Waals surface area contributed by atoms with Crippen molar-refractivity contribution < 1.29 is 9.90 Å². The molecular weight excluding hydrogens is 216 g/mol. The third kappa shape index (κ3) is 5.29.